The maximum Gasteiger partial charge on any atom is 0.219 e. The maximum absolute atomic E-state index is 14.1. The van der Waals surface area contributed by atoms with Crippen LogP contribution in [0.25, 0.3) is 22.7 Å². The molecule has 3 heterocycles. The standard InChI is InChI=1S/C30H27F2N5O2/c1-19(16-36-8-10-38-11-9-36)37-28-7-2-20(13-27(28)35-30(37)34-18-33)12-26-24-5-3-22(31)14-21(24)17-39-29-15-23(32)4-6-25(26)29/h2-7,12-15,19H,8-11,16-17H2,1H3,(H,34,35)/b26-12+/t19-/m0/s1. The monoisotopic (exact) mass is 527 g/mol. The summed E-state index contributed by atoms with van der Waals surface area (Å²) in [5.74, 6) is -0.350. The third-order valence-electron chi connectivity index (χ3n) is 7.26. The second-order valence-electron chi connectivity index (χ2n) is 9.86. The Morgan fingerprint density at radius 3 is 2.62 bits per heavy atom. The third kappa shape index (κ3) is 4.97. The number of H-pyrrole nitrogens is 1. The quantitative estimate of drug-likeness (QED) is 0.379. The highest BCUT2D eigenvalue weighted by molar-refractivity contribution is 5.95. The van der Waals surface area contributed by atoms with Crippen molar-refractivity contribution < 1.29 is 18.3 Å². The summed E-state index contributed by atoms with van der Waals surface area (Å²) in [6.45, 7) is 6.24. The van der Waals surface area contributed by atoms with Crippen LogP contribution in [-0.2, 0) is 11.3 Å². The largest absolute Gasteiger partial charge is 0.488 e. The molecule has 1 fully saturated rings. The van der Waals surface area contributed by atoms with E-state index in [2.05, 4.69) is 26.4 Å². The molecule has 0 bridgehead atoms. The molecule has 1 saturated heterocycles. The Bertz CT molecular complexity index is 1640. The molecule has 4 aromatic rings. The van der Waals surface area contributed by atoms with Crippen LogP contribution in [0.15, 0.2) is 59.6 Å². The van der Waals surface area contributed by atoms with Crippen molar-refractivity contribution >= 4 is 22.7 Å². The Balaban J connectivity index is 1.45. The van der Waals surface area contributed by atoms with Crippen LogP contribution in [0.4, 0.5) is 8.78 Å². The number of rotatable bonds is 4. The number of benzene rings is 3. The van der Waals surface area contributed by atoms with E-state index < -0.39 is 5.82 Å². The Hall–Kier alpha value is -4.26. The van der Waals surface area contributed by atoms with E-state index >= 15 is 0 Å². The van der Waals surface area contributed by atoms with Crippen molar-refractivity contribution in [3.05, 3.63) is 94.1 Å². The molecule has 198 valence electrons. The predicted molar refractivity (Wildman–Crippen MR) is 144 cm³/mol. The van der Waals surface area contributed by atoms with Gasteiger partial charge in [0.05, 0.1) is 24.2 Å². The number of aromatic nitrogens is 2. The number of hydrogen-bond donors (Lipinski definition) is 1. The highest BCUT2D eigenvalue weighted by atomic mass is 19.1. The lowest BCUT2D eigenvalue weighted by atomic mass is 9.92. The van der Waals surface area contributed by atoms with Crippen LogP contribution in [0.3, 0.4) is 0 Å². The number of fused-ring (bicyclic) bond motifs is 3. The molecule has 9 heteroatoms. The molecular weight excluding hydrogens is 500 g/mol. The minimum absolute atomic E-state index is 0.0655. The number of nitrogens with zero attached hydrogens (tertiary/aromatic N) is 4. The summed E-state index contributed by atoms with van der Waals surface area (Å²) in [5, 5.41) is 9.34. The van der Waals surface area contributed by atoms with Gasteiger partial charge < -0.3 is 19.0 Å². The Morgan fingerprint density at radius 2 is 1.82 bits per heavy atom. The minimum Gasteiger partial charge on any atom is -0.488 e. The molecule has 2 aliphatic heterocycles. The number of imidazole rings is 1. The lowest BCUT2D eigenvalue weighted by molar-refractivity contribution is 0.0326. The molecule has 1 atom stereocenters. The molecule has 0 saturated carbocycles. The van der Waals surface area contributed by atoms with E-state index in [1.165, 1.54) is 24.3 Å². The second kappa shape index (κ2) is 10.5. The average molecular weight is 528 g/mol. The van der Waals surface area contributed by atoms with Gasteiger partial charge >= 0.3 is 0 Å². The number of hydrogen-bond acceptors (Lipinski definition) is 5. The Kier molecular flexibility index (Phi) is 6.73. The molecule has 6 rings (SSSR count). The zero-order valence-electron chi connectivity index (χ0n) is 21.5. The molecule has 0 amide bonds. The fourth-order valence-corrected chi connectivity index (χ4v) is 5.47. The predicted octanol–water partition coefficient (Wildman–Crippen LogP) is 5.00. The van der Waals surface area contributed by atoms with Gasteiger partial charge in [0.1, 0.15) is 24.0 Å². The van der Waals surface area contributed by atoms with Gasteiger partial charge in [-0.05, 0) is 66.1 Å². The number of ether oxygens (including phenoxy) is 2. The first-order chi connectivity index (χ1) is 19.0. The first kappa shape index (κ1) is 25.0. The Morgan fingerprint density at radius 1 is 1.05 bits per heavy atom. The fourth-order valence-electron chi connectivity index (χ4n) is 5.47. The maximum atomic E-state index is 14.1. The van der Waals surface area contributed by atoms with Gasteiger partial charge in [-0.1, -0.05) is 12.1 Å². The van der Waals surface area contributed by atoms with Gasteiger partial charge in [0.2, 0.25) is 11.8 Å². The minimum atomic E-state index is -0.400. The molecule has 1 N–H and O–H groups in total. The topological polar surface area (TPSA) is 78.6 Å². The molecule has 0 spiro atoms. The third-order valence-corrected chi connectivity index (χ3v) is 7.26. The summed E-state index contributed by atoms with van der Waals surface area (Å²) in [6, 6.07) is 15.1. The van der Waals surface area contributed by atoms with Crippen LogP contribution < -0.4 is 10.4 Å². The van der Waals surface area contributed by atoms with E-state index in [-0.39, 0.29) is 18.5 Å². The number of halogens is 2. The van der Waals surface area contributed by atoms with Crippen molar-refractivity contribution in [2.45, 2.75) is 19.6 Å². The summed E-state index contributed by atoms with van der Waals surface area (Å²) in [7, 11) is 0. The highest BCUT2D eigenvalue weighted by Crippen LogP contribution is 2.38. The van der Waals surface area contributed by atoms with E-state index in [1.54, 1.807) is 12.1 Å². The van der Waals surface area contributed by atoms with Crippen molar-refractivity contribution in [3.8, 4) is 11.9 Å². The smallest absolute Gasteiger partial charge is 0.219 e. The lowest BCUT2D eigenvalue weighted by Gasteiger charge is -2.29. The van der Waals surface area contributed by atoms with E-state index in [9.17, 15) is 14.0 Å². The van der Waals surface area contributed by atoms with Crippen LogP contribution in [0.2, 0.25) is 0 Å². The van der Waals surface area contributed by atoms with Crippen molar-refractivity contribution in [1.29, 1.82) is 5.26 Å². The van der Waals surface area contributed by atoms with Gasteiger partial charge in [-0.25, -0.2) is 8.78 Å². The fraction of sp³-hybridized carbons (Fsp3) is 0.267. The molecule has 2 aliphatic rings. The number of morpholine rings is 1. The number of nitrogens with one attached hydrogen (secondary N) is 1. The molecule has 39 heavy (non-hydrogen) atoms. The SMILES string of the molecule is C[C@@H](CN1CCOCC1)n1/c(=N/C#N)[nH]c2cc(/C=C3\c4ccc(F)cc4COc4cc(F)ccc43)ccc21. The Labute approximate surface area is 224 Å². The van der Waals surface area contributed by atoms with E-state index in [1.807, 2.05) is 30.5 Å². The summed E-state index contributed by atoms with van der Waals surface area (Å²) in [4.78, 5) is 9.71. The summed E-state index contributed by atoms with van der Waals surface area (Å²) >= 11 is 0. The van der Waals surface area contributed by atoms with Gasteiger partial charge in [-0.3, -0.25) is 4.90 Å². The number of aromatic amines is 1. The van der Waals surface area contributed by atoms with Crippen molar-refractivity contribution in [3.63, 3.8) is 0 Å². The van der Waals surface area contributed by atoms with E-state index in [4.69, 9.17) is 9.47 Å². The molecular formula is C30H27F2N5O2. The van der Waals surface area contributed by atoms with E-state index in [0.29, 0.717) is 16.9 Å². The van der Waals surface area contributed by atoms with Crippen molar-refractivity contribution in [2.75, 3.05) is 32.8 Å². The van der Waals surface area contributed by atoms with Gasteiger partial charge in [-0.15, -0.1) is 4.99 Å². The normalized spacial score (nSPS) is 17.8. The molecule has 0 unspecified atom stereocenters. The second-order valence-corrected chi connectivity index (χ2v) is 9.86. The summed E-state index contributed by atoms with van der Waals surface area (Å²) < 4.78 is 41.5. The average Bonchev–Trinajstić information content (AvgIpc) is 3.22. The van der Waals surface area contributed by atoms with Crippen LogP contribution in [0, 0.1) is 23.1 Å². The van der Waals surface area contributed by atoms with E-state index in [0.717, 1.165) is 66.1 Å². The van der Waals surface area contributed by atoms with Crippen LogP contribution >= 0.6 is 0 Å². The summed E-state index contributed by atoms with van der Waals surface area (Å²) in [6.07, 6.45) is 3.91. The molecule has 0 aliphatic carbocycles. The van der Waals surface area contributed by atoms with Crippen LogP contribution in [0.5, 0.6) is 5.75 Å². The van der Waals surface area contributed by atoms with Gasteiger partial charge in [-0.2, -0.15) is 5.26 Å². The van der Waals surface area contributed by atoms with Gasteiger partial charge in [0, 0.05) is 42.9 Å². The van der Waals surface area contributed by atoms with Crippen molar-refractivity contribution in [2.24, 2.45) is 4.99 Å². The zero-order valence-corrected chi connectivity index (χ0v) is 21.5. The van der Waals surface area contributed by atoms with Gasteiger partial charge in [0.15, 0.2) is 0 Å². The molecule has 7 nitrogen and oxygen atoms in total. The number of nitriles is 1. The lowest BCUT2D eigenvalue weighted by Crippen LogP contribution is -2.40. The van der Waals surface area contributed by atoms with Crippen molar-refractivity contribution in [1.82, 2.24) is 14.5 Å². The summed E-state index contributed by atoms with van der Waals surface area (Å²) in [5.41, 5.74) is 6.16. The van der Waals surface area contributed by atoms with Gasteiger partial charge in [0.25, 0.3) is 0 Å². The highest BCUT2D eigenvalue weighted by Gasteiger charge is 2.21. The zero-order chi connectivity index (χ0) is 26.9. The molecule has 3 aromatic carbocycles. The van der Waals surface area contributed by atoms with Crippen LogP contribution in [-0.4, -0.2) is 47.3 Å². The first-order valence-electron chi connectivity index (χ1n) is 12.9. The van der Waals surface area contributed by atoms with Crippen LogP contribution in [0.1, 0.15) is 35.2 Å². The first-order valence-corrected chi connectivity index (χ1v) is 12.9. The molecule has 1 aromatic heterocycles. The molecule has 0 radical (unpaired) electrons.